The number of urea groups is 1. The summed E-state index contributed by atoms with van der Waals surface area (Å²) in [5.41, 5.74) is 12.9. The maximum absolute atomic E-state index is 12.9. The summed E-state index contributed by atoms with van der Waals surface area (Å²) in [7, 11) is 0. The maximum atomic E-state index is 12.9. The number of pyridine rings is 1. The monoisotopic (exact) mass is 341 g/mol. The van der Waals surface area contributed by atoms with Crippen LogP contribution < -0.4 is 16.8 Å². The summed E-state index contributed by atoms with van der Waals surface area (Å²) in [6.07, 6.45) is 3.56. The lowest BCUT2D eigenvalue weighted by Gasteiger charge is -2.05. The van der Waals surface area contributed by atoms with Crippen molar-refractivity contribution >= 4 is 29.7 Å². The fraction of sp³-hybridized carbons (Fsp3) is 0.188. The number of H-pyrrole nitrogens is 1. The fourth-order valence-electron chi connectivity index (χ4n) is 2.23. The van der Waals surface area contributed by atoms with Crippen LogP contribution in [0, 0.1) is 5.41 Å². The summed E-state index contributed by atoms with van der Waals surface area (Å²) in [4.78, 5) is 34.6. The number of nitrogens with two attached hydrogens (primary N) is 2. The van der Waals surface area contributed by atoms with Gasteiger partial charge in [0.05, 0.1) is 23.1 Å². The highest BCUT2D eigenvalue weighted by atomic mass is 16.2. The molecule has 2 amide bonds. The van der Waals surface area contributed by atoms with Crippen LogP contribution in [0.2, 0.25) is 0 Å². The van der Waals surface area contributed by atoms with Crippen molar-refractivity contribution in [2.75, 3.05) is 5.32 Å². The molecule has 0 aliphatic heterocycles. The van der Waals surface area contributed by atoms with E-state index in [0.29, 0.717) is 16.9 Å². The van der Waals surface area contributed by atoms with E-state index in [9.17, 15) is 9.59 Å². The summed E-state index contributed by atoms with van der Waals surface area (Å²) in [6, 6.07) is 2.41. The predicted molar refractivity (Wildman–Crippen MR) is 95.3 cm³/mol. The van der Waals surface area contributed by atoms with E-state index in [0.717, 1.165) is 12.0 Å². The third kappa shape index (κ3) is 4.08. The Labute approximate surface area is 144 Å². The highest BCUT2D eigenvalue weighted by Crippen LogP contribution is 2.22. The summed E-state index contributed by atoms with van der Waals surface area (Å²) in [6.45, 7) is 3.93. The number of aromatic amines is 1. The van der Waals surface area contributed by atoms with Gasteiger partial charge < -0.3 is 21.8 Å². The lowest BCUT2D eigenvalue weighted by atomic mass is 10.0. The molecule has 0 aliphatic carbocycles. The van der Waals surface area contributed by atoms with Crippen LogP contribution in [-0.2, 0) is 0 Å². The van der Waals surface area contributed by atoms with Gasteiger partial charge in [0.15, 0.2) is 5.78 Å². The summed E-state index contributed by atoms with van der Waals surface area (Å²) in [5, 5.41) is 9.43. The van der Waals surface area contributed by atoms with E-state index in [2.05, 4.69) is 20.3 Å². The number of hydrogen-bond acceptors (Lipinski definition) is 4. The topological polar surface area (TPSA) is 163 Å². The highest BCUT2D eigenvalue weighted by molar-refractivity contribution is 6.16. The molecular formula is C16H19N7O2. The molecule has 7 N–H and O–H groups in total. The van der Waals surface area contributed by atoms with Crippen LogP contribution in [0.3, 0.4) is 0 Å². The number of carbonyl (C=O) groups is 2. The second-order valence-electron chi connectivity index (χ2n) is 5.59. The van der Waals surface area contributed by atoms with Crippen molar-refractivity contribution in [1.29, 1.82) is 5.41 Å². The Morgan fingerprint density at radius 3 is 2.64 bits per heavy atom. The Balaban J connectivity index is 2.49. The first-order valence-corrected chi connectivity index (χ1v) is 7.45. The Kier molecular flexibility index (Phi) is 5.28. The van der Waals surface area contributed by atoms with Crippen molar-refractivity contribution in [3.8, 4) is 0 Å². The molecule has 0 spiro atoms. The molecule has 2 aromatic heterocycles. The number of primary amides is 1. The number of carbonyl (C=O) groups excluding carboxylic acids is 2. The minimum Gasteiger partial charge on any atom is -0.382 e. The molecular weight excluding hydrogens is 322 g/mol. The molecule has 0 radical (unpaired) electrons. The molecule has 25 heavy (non-hydrogen) atoms. The number of rotatable bonds is 6. The van der Waals surface area contributed by atoms with Gasteiger partial charge in [-0.05, 0) is 18.1 Å². The van der Waals surface area contributed by atoms with Gasteiger partial charge in [0, 0.05) is 17.5 Å². The SMILES string of the molecule is CC(C)c1cc(C(=O)c2cncc(NC(N)=O)c2)c(C(N)=NC=N)[nH]1. The molecule has 0 fully saturated rings. The first-order chi connectivity index (χ1) is 11.8. The predicted octanol–water partition coefficient (Wildman–Crippen LogP) is 1.57. The van der Waals surface area contributed by atoms with Crippen molar-refractivity contribution in [3.05, 3.63) is 47.0 Å². The maximum Gasteiger partial charge on any atom is 0.316 e. The zero-order valence-corrected chi connectivity index (χ0v) is 13.8. The van der Waals surface area contributed by atoms with Gasteiger partial charge >= 0.3 is 6.03 Å². The molecule has 9 nitrogen and oxygen atoms in total. The van der Waals surface area contributed by atoms with E-state index < -0.39 is 6.03 Å². The number of hydrogen-bond donors (Lipinski definition) is 5. The van der Waals surface area contributed by atoms with Crippen LogP contribution in [0.1, 0.15) is 47.1 Å². The van der Waals surface area contributed by atoms with E-state index in [1.54, 1.807) is 6.07 Å². The standard InChI is InChI=1S/C16H19N7O2/c1-8(2)12-4-11(13(23-12)15(18)21-7-17)14(24)9-3-10(6-20-5-9)22-16(19)25/h3-8,23H,1-2H3,(H3,17,18,21)(H3,19,22,25). The van der Waals surface area contributed by atoms with Gasteiger partial charge in [-0.3, -0.25) is 15.2 Å². The van der Waals surface area contributed by atoms with E-state index >= 15 is 0 Å². The van der Waals surface area contributed by atoms with Crippen LogP contribution in [0.4, 0.5) is 10.5 Å². The van der Waals surface area contributed by atoms with Crippen molar-refractivity contribution in [2.45, 2.75) is 19.8 Å². The van der Waals surface area contributed by atoms with Gasteiger partial charge in [-0.15, -0.1) is 0 Å². The fourth-order valence-corrected chi connectivity index (χ4v) is 2.23. The van der Waals surface area contributed by atoms with Crippen LogP contribution in [0.25, 0.3) is 0 Å². The smallest absolute Gasteiger partial charge is 0.316 e. The Bertz CT molecular complexity index is 852. The number of aromatic nitrogens is 2. The van der Waals surface area contributed by atoms with Gasteiger partial charge in [0.25, 0.3) is 0 Å². The van der Waals surface area contributed by atoms with Crippen molar-refractivity contribution < 1.29 is 9.59 Å². The van der Waals surface area contributed by atoms with Crippen LogP contribution in [0.15, 0.2) is 29.5 Å². The Morgan fingerprint density at radius 1 is 1.32 bits per heavy atom. The highest BCUT2D eigenvalue weighted by Gasteiger charge is 2.21. The molecule has 2 heterocycles. The Hall–Kier alpha value is -3.49. The largest absolute Gasteiger partial charge is 0.382 e. The van der Waals surface area contributed by atoms with Gasteiger partial charge in [-0.2, -0.15) is 0 Å². The molecule has 0 saturated heterocycles. The second kappa shape index (κ2) is 7.39. The molecule has 0 unspecified atom stereocenters. The van der Waals surface area contributed by atoms with Gasteiger partial charge in [-0.1, -0.05) is 13.8 Å². The zero-order valence-electron chi connectivity index (χ0n) is 13.8. The molecule has 0 atom stereocenters. The normalized spacial score (nSPS) is 11.4. The van der Waals surface area contributed by atoms with E-state index in [4.69, 9.17) is 16.9 Å². The Morgan fingerprint density at radius 2 is 2.04 bits per heavy atom. The molecule has 0 aromatic carbocycles. The average Bonchev–Trinajstić information content (AvgIpc) is 2.99. The minimum atomic E-state index is -0.752. The van der Waals surface area contributed by atoms with Gasteiger partial charge in [-0.25, -0.2) is 9.79 Å². The van der Waals surface area contributed by atoms with E-state index in [1.807, 2.05) is 13.8 Å². The lowest BCUT2D eigenvalue weighted by molar-refractivity contribution is 0.103. The minimum absolute atomic E-state index is 0.0321. The third-order valence-electron chi connectivity index (χ3n) is 3.43. The van der Waals surface area contributed by atoms with Crippen LogP contribution >= 0.6 is 0 Å². The summed E-state index contributed by atoms with van der Waals surface area (Å²) < 4.78 is 0. The van der Waals surface area contributed by atoms with E-state index in [1.165, 1.54) is 18.5 Å². The number of nitrogens with zero attached hydrogens (tertiary/aromatic N) is 2. The first-order valence-electron chi connectivity index (χ1n) is 7.45. The van der Waals surface area contributed by atoms with Crippen molar-refractivity contribution in [2.24, 2.45) is 16.5 Å². The molecule has 9 heteroatoms. The zero-order chi connectivity index (χ0) is 18.6. The molecule has 0 aliphatic rings. The lowest BCUT2D eigenvalue weighted by Crippen LogP contribution is -2.20. The number of amides is 2. The van der Waals surface area contributed by atoms with Gasteiger partial charge in [0.1, 0.15) is 12.2 Å². The number of amidine groups is 1. The number of aliphatic imine (C=N–C) groups is 1. The molecule has 2 rings (SSSR count). The molecule has 0 saturated carbocycles. The number of ketones is 1. The van der Waals surface area contributed by atoms with Gasteiger partial charge in [0.2, 0.25) is 0 Å². The second-order valence-corrected chi connectivity index (χ2v) is 5.59. The molecule has 0 bridgehead atoms. The number of anilines is 1. The van der Waals surface area contributed by atoms with Crippen molar-refractivity contribution in [1.82, 2.24) is 9.97 Å². The number of nitrogens with one attached hydrogen (secondary N) is 3. The summed E-state index contributed by atoms with van der Waals surface area (Å²) in [5.74, 6) is -0.180. The first kappa shape index (κ1) is 17.9. The third-order valence-corrected chi connectivity index (χ3v) is 3.43. The van der Waals surface area contributed by atoms with Crippen molar-refractivity contribution in [3.63, 3.8) is 0 Å². The average molecular weight is 341 g/mol. The molecule has 2 aromatic rings. The van der Waals surface area contributed by atoms with Crippen LogP contribution in [-0.4, -0.2) is 34.0 Å². The molecule has 130 valence electrons. The summed E-state index contributed by atoms with van der Waals surface area (Å²) >= 11 is 0. The van der Waals surface area contributed by atoms with Crippen LogP contribution in [0.5, 0.6) is 0 Å². The van der Waals surface area contributed by atoms with E-state index in [-0.39, 0.29) is 23.1 Å². The quantitative estimate of drug-likeness (QED) is 0.306.